The van der Waals surface area contributed by atoms with E-state index in [0.29, 0.717) is 6.42 Å². The van der Waals surface area contributed by atoms with Gasteiger partial charge in [0, 0.05) is 29.3 Å². The Morgan fingerprint density at radius 1 is 1.24 bits per heavy atom. The maximum atomic E-state index is 12.3. The molecule has 6 nitrogen and oxygen atoms in total. The molecule has 0 aliphatic rings. The molecule has 0 N–H and O–H groups in total. The van der Waals surface area contributed by atoms with Crippen molar-refractivity contribution in [3.8, 4) is 5.69 Å². The van der Waals surface area contributed by atoms with E-state index in [1.807, 2.05) is 36.0 Å². The van der Waals surface area contributed by atoms with Crippen LogP contribution in [0.3, 0.4) is 0 Å². The Bertz CT molecular complexity index is 818. The topological polar surface area (TPSA) is 57.8 Å². The summed E-state index contributed by atoms with van der Waals surface area (Å²) in [7, 11) is 0. The van der Waals surface area contributed by atoms with Crippen LogP contribution >= 0.6 is 15.9 Å². The van der Waals surface area contributed by atoms with Crippen molar-refractivity contribution in [2.24, 2.45) is 0 Å². The van der Waals surface area contributed by atoms with Crippen molar-refractivity contribution in [3.63, 3.8) is 0 Å². The van der Waals surface area contributed by atoms with E-state index in [1.54, 1.807) is 23.3 Å². The van der Waals surface area contributed by atoms with Gasteiger partial charge in [-0.05, 0) is 41.4 Å². The van der Waals surface area contributed by atoms with Gasteiger partial charge >= 0.3 is 6.61 Å². The second-order valence-corrected chi connectivity index (χ2v) is 6.28. The van der Waals surface area contributed by atoms with Gasteiger partial charge in [-0.1, -0.05) is 0 Å². The van der Waals surface area contributed by atoms with Gasteiger partial charge in [0.2, 0.25) is 0 Å². The smallest absolute Gasteiger partial charge is 0.323 e. The molecule has 0 spiro atoms. The van der Waals surface area contributed by atoms with Crippen LogP contribution < -0.4 is 0 Å². The predicted octanol–water partition coefficient (Wildman–Crippen LogP) is 3.75. The van der Waals surface area contributed by atoms with Crippen LogP contribution in [0.25, 0.3) is 5.69 Å². The molecular weight excluding hydrogens is 396 g/mol. The molecule has 3 aromatic heterocycles. The summed E-state index contributed by atoms with van der Waals surface area (Å²) in [5.41, 5.74) is 1.56. The van der Waals surface area contributed by atoms with E-state index in [1.165, 1.54) is 0 Å². The Morgan fingerprint density at radius 2 is 2.08 bits per heavy atom. The minimum absolute atomic E-state index is 0.0978. The van der Waals surface area contributed by atoms with Crippen molar-refractivity contribution < 1.29 is 13.5 Å². The molecule has 0 radical (unpaired) electrons. The molecule has 0 fully saturated rings. The van der Waals surface area contributed by atoms with Crippen LogP contribution in [0.4, 0.5) is 8.78 Å². The molecule has 9 heteroatoms. The van der Waals surface area contributed by atoms with E-state index >= 15 is 0 Å². The molecule has 1 unspecified atom stereocenters. The number of pyridine rings is 1. The first kappa shape index (κ1) is 17.7. The van der Waals surface area contributed by atoms with Gasteiger partial charge in [-0.15, -0.1) is 0 Å². The molecule has 0 saturated heterocycles. The van der Waals surface area contributed by atoms with Crippen LogP contribution in [0.1, 0.15) is 24.0 Å². The molecule has 3 rings (SSSR count). The molecule has 3 aromatic rings. The first-order chi connectivity index (χ1) is 12.0. The highest BCUT2D eigenvalue weighted by molar-refractivity contribution is 9.10. The summed E-state index contributed by atoms with van der Waals surface area (Å²) < 4.78 is 33.5. The molecule has 0 amide bonds. The van der Waals surface area contributed by atoms with Crippen LogP contribution in [0.5, 0.6) is 0 Å². The lowest BCUT2D eigenvalue weighted by Gasteiger charge is -2.17. The average Bonchev–Trinajstić information content (AvgIpc) is 3.21. The molecule has 0 saturated carbocycles. The number of imidazole rings is 1. The van der Waals surface area contributed by atoms with E-state index in [-0.39, 0.29) is 12.6 Å². The number of aryl methyl sites for hydroxylation is 1. The zero-order valence-electron chi connectivity index (χ0n) is 13.4. The minimum Gasteiger partial charge on any atom is -0.323 e. The van der Waals surface area contributed by atoms with Gasteiger partial charge in [0.25, 0.3) is 0 Å². The lowest BCUT2D eigenvalue weighted by atomic mass is 10.1. The van der Waals surface area contributed by atoms with Crippen molar-refractivity contribution in [3.05, 3.63) is 59.1 Å². The number of nitrogens with zero attached hydrogens (tertiary/aromatic N) is 5. The van der Waals surface area contributed by atoms with Crippen LogP contribution in [0.2, 0.25) is 0 Å². The third-order valence-electron chi connectivity index (χ3n) is 3.74. The number of aromatic nitrogens is 5. The second kappa shape index (κ2) is 7.83. The Balaban J connectivity index is 1.87. The molecule has 132 valence electrons. The highest BCUT2D eigenvalue weighted by Gasteiger charge is 2.18. The van der Waals surface area contributed by atoms with Gasteiger partial charge in [-0.3, -0.25) is 9.67 Å². The fourth-order valence-electron chi connectivity index (χ4n) is 2.54. The van der Waals surface area contributed by atoms with Gasteiger partial charge in [0.1, 0.15) is 5.82 Å². The lowest BCUT2D eigenvalue weighted by molar-refractivity contribution is -0.130. The summed E-state index contributed by atoms with van der Waals surface area (Å²) in [6.45, 7) is -0.999. The predicted molar refractivity (Wildman–Crippen MR) is 90.7 cm³/mol. The Labute approximate surface area is 151 Å². The first-order valence-corrected chi connectivity index (χ1v) is 8.39. The van der Waals surface area contributed by atoms with Crippen molar-refractivity contribution in [1.82, 2.24) is 24.3 Å². The van der Waals surface area contributed by atoms with Crippen LogP contribution in [0.15, 0.2) is 47.6 Å². The summed E-state index contributed by atoms with van der Waals surface area (Å²) in [6, 6.07) is 3.37. The molecule has 1 atom stereocenters. The number of rotatable bonds is 7. The van der Waals surface area contributed by atoms with E-state index < -0.39 is 6.61 Å². The number of halogens is 3. The summed E-state index contributed by atoms with van der Waals surface area (Å²) in [5, 5.41) is 4.38. The Kier molecular flexibility index (Phi) is 5.54. The zero-order valence-corrected chi connectivity index (χ0v) is 15.0. The van der Waals surface area contributed by atoms with Gasteiger partial charge < -0.3 is 9.30 Å². The van der Waals surface area contributed by atoms with Crippen molar-refractivity contribution >= 4 is 15.9 Å². The summed E-state index contributed by atoms with van der Waals surface area (Å²) >= 11 is 3.34. The van der Waals surface area contributed by atoms with Crippen molar-refractivity contribution in [1.29, 1.82) is 0 Å². The summed E-state index contributed by atoms with van der Waals surface area (Å²) in [6.07, 6.45) is 9.07. The highest BCUT2D eigenvalue weighted by atomic mass is 79.9. The monoisotopic (exact) mass is 411 g/mol. The zero-order chi connectivity index (χ0) is 17.8. The highest BCUT2D eigenvalue weighted by Crippen LogP contribution is 2.23. The van der Waals surface area contributed by atoms with Crippen molar-refractivity contribution in [2.75, 3.05) is 6.61 Å². The molecule has 0 aliphatic heterocycles. The average molecular weight is 412 g/mol. The van der Waals surface area contributed by atoms with Gasteiger partial charge in [0.05, 0.1) is 30.2 Å². The van der Waals surface area contributed by atoms with Crippen LogP contribution in [-0.2, 0) is 4.74 Å². The lowest BCUT2D eigenvalue weighted by Crippen LogP contribution is -2.16. The first-order valence-electron chi connectivity index (χ1n) is 7.60. The Morgan fingerprint density at radius 3 is 2.72 bits per heavy atom. The standard InChI is InChI=1S/C16H16BrF2N5O/c1-11-20-5-6-23(11)13-9-22-24(10-13)15(4-7-25-16(18)19)14-3-2-12(17)8-21-14/h2-3,5-6,8-10,15-16H,4,7H2,1H3. The van der Waals surface area contributed by atoms with Gasteiger partial charge in [-0.2, -0.15) is 13.9 Å². The van der Waals surface area contributed by atoms with Crippen LogP contribution in [-0.4, -0.2) is 37.5 Å². The summed E-state index contributed by atoms with van der Waals surface area (Å²) in [4.78, 5) is 8.56. The number of hydrogen-bond acceptors (Lipinski definition) is 4. The number of ether oxygens (including phenoxy) is 1. The van der Waals surface area contributed by atoms with E-state index in [4.69, 9.17) is 0 Å². The summed E-state index contributed by atoms with van der Waals surface area (Å²) in [5.74, 6) is 0.832. The largest absolute Gasteiger partial charge is 0.345 e. The molecule has 0 aliphatic carbocycles. The third-order valence-corrected chi connectivity index (χ3v) is 4.21. The van der Waals surface area contributed by atoms with Crippen molar-refractivity contribution in [2.45, 2.75) is 26.0 Å². The van der Waals surface area contributed by atoms with E-state index in [2.05, 4.69) is 35.7 Å². The third kappa shape index (κ3) is 4.29. The molecule has 0 bridgehead atoms. The maximum Gasteiger partial charge on any atom is 0.345 e. The van der Waals surface area contributed by atoms with Gasteiger partial charge in [0.15, 0.2) is 0 Å². The number of hydrogen-bond donors (Lipinski definition) is 0. The fraction of sp³-hybridized carbons (Fsp3) is 0.312. The Hall–Kier alpha value is -2.13. The maximum absolute atomic E-state index is 12.3. The fourth-order valence-corrected chi connectivity index (χ4v) is 2.78. The molecular formula is C16H16BrF2N5O. The van der Waals surface area contributed by atoms with Gasteiger partial charge in [-0.25, -0.2) is 4.98 Å². The quantitative estimate of drug-likeness (QED) is 0.593. The number of alkyl halides is 2. The molecule has 25 heavy (non-hydrogen) atoms. The van der Waals surface area contributed by atoms with E-state index in [9.17, 15) is 8.78 Å². The SMILES string of the molecule is Cc1nccn1-c1cnn(C(CCOC(F)F)c2ccc(Br)cn2)c1. The molecule has 3 heterocycles. The van der Waals surface area contributed by atoms with E-state index in [0.717, 1.165) is 21.7 Å². The minimum atomic E-state index is -2.79. The second-order valence-electron chi connectivity index (χ2n) is 5.36. The van der Waals surface area contributed by atoms with Crippen LogP contribution in [0, 0.1) is 6.92 Å². The normalized spacial score (nSPS) is 12.7. The molecule has 0 aromatic carbocycles.